The van der Waals surface area contributed by atoms with Gasteiger partial charge in [0.1, 0.15) is 0 Å². The second-order valence-electron chi connectivity index (χ2n) is 1.81. The zero-order chi connectivity index (χ0) is 7.61. The highest BCUT2D eigenvalue weighted by Crippen LogP contribution is 2.12. The van der Waals surface area contributed by atoms with E-state index >= 15 is 0 Å². The lowest BCUT2D eigenvalue weighted by Gasteiger charge is -2.20. The Labute approximate surface area is 66.3 Å². The van der Waals surface area contributed by atoms with Gasteiger partial charge in [-0.1, -0.05) is 0 Å². The van der Waals surface area contributed by atoms with Gasteiger partial charge in [0, 0.05) is 12.4 Å². The summed E-state index contributed by atoms with van der Waals surface area (Å²) >= 11 is 3.07. The molecule has 0 bridgehead atoms. The minimum atomic E-state index is -0.998. The van der Waals surface area contributed by atoms with Crippen LogP contribution >= 0.6 is 15.9 Å². The standard InChI is InChI=1S/C5H6BrN3O/c6-5(4(7)10)3-8-1-2-9-5/h1-3,9H,(H2,7,10). The van der Waals surface area contributed by atoms with Crippen molar-refractivity contribution < 1.29 is 4.79 Å². The number of halogens is 1. The molecule has 0 aliphatic carbocycles. The summed E-state index contributed by atoms with van der Waals surface area (Å²) < 4.78 is -0.998. The molecule has 0 spiro atoms. The Hall–Kier alpha value is -0.840. The first-order valence-corrected chi connectivity index (χ1v) is 3.40. The van der Waals surface area contributed by atoms with Crippen LogP contribution in [0.25, 0.3) is 0 Å². The average Bonchev–Trinajstić information content (AvgIpc) is 1.89. The van der Waals surface area contributed by atoms with Crippen molar-refractivity contribution in [1.82, 2.24) is 5.32 Å². The molecule has 5 heteroatoms. The average molecular weight is 204 g/mol. The van der Waals surface area contributed by atoms with E-state index in [2.05, 4.69) is 26.2 Å². The fraction of sp³-hybridized carbons (Fsp3) is 0.200. The van der Waals surface area contributed by atoms with Crippen molar-refractivity contribution >= 4 is 28.1 Å². The Morgan fingerprint density at radius 2 is 2.50 bits per heavy atom. The van der Waals surface area contributed by atoms with Crippen LogP contribution in [0.2, 0.25) is 0 Å². The third-order valence-electron chi connectivity index (χ3n) is 1.07. The summed E-state index contributed by atoms with van der Waals surface area (Å²) in [6.45, 7) is 0. The molecule has 1 atom stereocenters. The third-order valence-corrected chi connectivity index (χ3v) is 1.89. The van der Waals surface area contributed by atoms with Gasteiger partial charge in [-0.3, -0.25) is 9.79 Å². The van der Waals surface area contributed by atoms with E-state index in [1.54, 1.807) is 6.20 Å². The molecular formula is C5H6BrN3O. The van der Waals surface area contributed by atoms with E-state index in [-0.39, 0.29) is 0 Å². The second kappa shape index (κ2) is 2.42. The molecule has 1 unspecified atom stereocenters. The van der Waals surface area contributed by atoms with Crippen LogP contribution in [-0.4, -0.2) is 16.6 Å². The van der Waals surface area contributed by atoms with Crippen LogP contribution in [0.3, 0.4) is 0 Å². The van der Waals surface area contributed by atoms with Crippen LogP contribution in [0.5, 0.6) is 0 Å². The van der Waals surface area contributed by atoms with Gasteiger partial charge in [0.15, 0.2) is 0 Å². The van der Waals surface area contributed by atoms with Gasteiger partial charge in [0.2, 0.25) is 4.45 Å². The van der Waals surface area contributed by atoms with Gasteiger partial charge >= 0.3 is 0 Å². The fourth-order valence-electron chi connectivity index (χ4n) is 0.519. The Kier molecular flexibility index (Phi) is 1.76. The van der Waals surface area contributed by atoms with Crippen LogP contribution in [0.15, 0.2) is 17.4 Å². The molecule has 0 radical (unpaired) electrons. The van der Waals surface area contributed by atoms with Crippen LogP contribution in [0.1, 0.15) is 0 Å². The SMILES string of the molecule is NC(=O)C1(Br)C=NC=CN1. The largest absolute Gasteiger partial charge is 0.367 e. The van der Waals surface area contributed by atoms with Crippen molar-refractivity contribution in [3.8, 4) is 0 Å². The number of nitrogens with zero attached hydrogens (tertiary/aromatic N) is 1. The quantitative estimate of drug-likeness (QED) is 0.455. The van der Waals surface area contributed by atoms with Crippen LogP contribution in [0.4, 0.5) is 0 Å². The molecule has 0 fully saturated rings. The minimum absolute atomic E-state index is 0.513. The lowest BCUT2D eigenvalue weighted by molar-refractivity contribution is -0.118. The molecule has 0 aromatic carbocycles. The summed E-state index contributed by atoms with van der Waals surface area (Å²) in [6.07, 6.45) is 4.47. The summed E-state index contributed by atoms with van der Waals surface area (Å²) in [5, 5.41) is 2.71. The molecule has 1 aliphatic heterocycles. The number of hydrogen-bond acceptors (Lipinski definition) is 3. The predicted octanol–water partition coefficient (Wildman–Crippen LogP) is -0.292. The van der Waals surface area contributed by atoms with E-state index in [0.29, 0.717) is 0 Å². The van der Waals surface area contributed by atoms with Gasteiger partial charge in [-0.2, -0.15) is 0 Å². The number of carbonyl (C=O) groups excluding carboxylic acids is 1. The minimum Gasteiger partial charge on any atom is -0.367 e. The van der Waals surface area contributed by atoms with Crippen LogP contribution < -0.4 is 11.1 Å². The van der Waals surface area contributed by atoms with E-state index < -0.39 is 10.4 Å². The third kappa shape index (κ3) is 1.18. The lowest BCUT2D eigenvalue weighted by Crippen LogP contribution is -2.50. The van der Waals surface area contributed by atoms with Crippen molar-refractivity contribution in [2.45, 2.75) is 4.45 Å². The number of amides is 1. The van der Waals surface area contributed by atoms with Crippen molar-refractivity contribution in [3.05, 3.63) is 12.4 Å². The maximum atomic E-state index is 10.7. The highest BCUT2D eigenvalue weighted by atomic mass is 79.9. The summed E-state index contributed by atoms with van der Waals surface area (Å²) in [5.74, 6) is -0.513. The van der Waals surface area contributed by atoms with Crippen molar-refractivity contribution in [2.24, 2.45) is 10.7 Å². The highest BCUT2D eigenvalue weighted by Gasteiger charge is 2.30. The molecule has 0 saturated heterocycles. The first-order chi connectivity index (χ1) is 4.65. The van der Waals surface area contributed by atoms with Gasteiger partial charge in [0.05, 0.1) is 6.21 Å². The molecule has 1 aliphatic rings. The Bertz CT molecular complexity index is 213. The molecule has 3 N–H and O–H groups in total. The van der Waals surface area contributed by atoms with Gasteiger partial charge in [-0.25, -0.2) is 0 Å². The number of nitrogens with one attached hydrogen (secondary N) is 1. The molecular weight excluding hydrogens is 198 g/mol. The van der Waals surface area contributed by atoms with E-state index in [1.165, 1.54) is 12.4 Å². The summed E-state index contributed by atoms with van der Waals surface area (Å²) in [6, 6.07) is 0. The monoisotopic (exact) mass is 203 g/mol. The topological polar surface area (TPSA) is 67.5 Å². The molecule has 54 valence electrons. The fourth-order valence-corrected chi connectivity index (χ4v) is 0.770. The van der Waals surface area contributed by atoms with Crippen LogP contribution in [-0.2, 0) is 4.79 Å². The van der Waals surface area contributed by atoms with Gasteiger partial charge in [-0.15, -0.1) is 0 Å². The van der Waals surface area contributed by atoms with Gasteiger partial charge < -0.3 is 11.1 Å². The molecule has 1 heterocycles. The maximum absolute atomic E-state index is 10.7. The van der Waals surface area contributed by atoms with E-state index in [1.807, 2.05) is 0 Å². The van der Waals surface area contributed by atoms with E-state index in [0.717, 1.165) is 0 Å². The van der Waals surface area contributed by atoms with E-state index in [9.17, 15) is 4.79 Å². The second-order valence-corrected chi connectivity index (χ2v) is 3.07. The molecule has 10 heavy (non-hydrogen) atoms. The highest BCUT2D eigenvalue weighted by molar-refractivity contribution is 9.10. The number of rotatable bonds is 1. The van der Waals surface area contributed by atoms with E-state index in [4.69, 9.17) is 5.73 Å². The zero-order valence-electron chi connectivity index (χ0n) is 5.04. The zero-order valence-corrected chi connectivity index (χ0v) is 6.63. The van der Waals surface area contributed by atoms with Crippen molar-refractivity contribution in [3.63, 3.8) is 0 Å². The number of alkyl halides is 1. The van der Waals surface area contributed by atoms with Gasteiger partial charge in [0.25, 0.3) is 5.91 Å². The van der Waals surface area contributed by atoms with Crippen LogP contribution in [0, 0.1) is 0 Å². The summed E-state index contributed by atoms with van der Waals surface area (Å²) in [5.41, 5.74) is 5.03. The number of aliphatic imine (C=N–C) groups is 1. The summed E-state index contributed by atoms with van der Waals surface area (Å²) in [7, 11) is 0. The Balaban J connectivity index is 2.80. The molecule has 1 amide bonds. The molecule has 0 aromatic rings. The van der Waals surface area contributed by atoms with Crippen molar-refractivity contribution in [2.75, 3.05) is 0 Å². The molecule has 1 rings (SSSR count). The predicted molar refractivity (Wildman–Crippen MR) is 41.6 cm³/mol. The smallest absolute Gasteiger partial charge is 0.260 e. The number of hydrogen-bond donors (Lipinski definition) is 2. The Morgan fingerprint density at radius 3 is 2.80 bits per heavy atom. The molecule has 4 nitrogen and oxygen atoms in total. The number of carbonyl (C=O) groups is 1. The summed E-state index contributed by atoms with van der Waals surface area (Å²) in [4.78, 5) is 14.4. The first kappa shape index (κ1) is 7.27. The van der Waals surface area contributed by atoms with Crippen molar-refractivity contribution in [1.29, 1.82) is 0 Å². The lowest BCUT2D eigenvalue weighted by atomic mass is 10.3. The Morgan fingerprint density at radius 1 is 1.80 bits per heavy atom. The number of nitrogens with two attached hydrogens (primary N) is 1. The normalized spacial score (nSPS) is 29.7. The molecule has 0 aromatic heterocycles. The van der Waals surface area contributed by atoms with Gasteiger partial charge in [-0.05, 0) is 15.9 Å². The number of primary amides is 1. The first-order valence-electron chi connectivity index (χ1n) is 2.61. The molecule has 0 saturated carbocycles. The maximum Gasteiger partial charge on any atom is 0.260 e.